The molecule has 3 amide bonds. The van der Waals surface area contributed by atoms with Crippen LogP contribution in [0.1, 0.15) is 38.3 Å². The van der Waals surface area contributed by atoms with Crippen molar-refractivity contribution in [2.75, 3.05) is 0 Å². The van der Waals surface area contributed by atoms with Crippen LogP contribution in [0.4, 0.5) is 0 Å². The number of benzene rings is 2. The lowest BCUT2D eigenvalue weighted by molar-refractivity contribution is -0.145. The molecular formula is C30H39N5O7. The SMILES string of the molecule is CCC(C)C(N)C(=O)NC(Cc1ccc(O)cc1)C(=O)NC(Cc1c[nH]c2ccccc12)C(=O)NC(C(=O)O)C(C)O. The van der Waals surface area contributed by atoms with Crippen molar-refractivity contribution in [3.05, 3.63) is 65.9 Å². The topological polar surface area (TPSA) is 207 Å². The van der Waals surface area contributed by atoms with Crippen LogP contribution in [0.5, 0.6) is 5.75 Å². The Morgan fingerprint density at radius 2 is 1.48 bits per heavy atom. The van der Waals surface area contributed by atoms with Gasteiger partial charge in [0.1, 0.15) is 17.8 Å². The third-order valence-corrected chi connectivity index (χ3v) is 7.35. The summed E-state index contributed by atoms with van der Waals surface area (Å²) >= 11 is 0. The molecule has 0 spiro atoms. The lowest BCUT2D eigenvalue weighted by Crippen LogP contribution is -2.59. The van der Waals surface area contributed by atoms with Crippen molar-refractivity contribution >= 4 is 34.6 Å². The van der Waals surface area contributed by atoms with Crippen molar-refractivity contribution in [1.82, 2.24) is 20.9 Å². The minimum Gasteiger partial charge on any atom is -0.508 e. The number of amides is 3. The Labute approximate surface area is 243 Å². The summed E-state index contributed by atoms with van der Waals surface area (Å²) in [5.74, 6) is -3.63. The van der Waals surface area contributed by atoms with Gasteiger partial charge in [-0.3, -0.25) is 14.4 Å². The van der Waals surface area contributed by atoms with Crippen molar-refractivity contribution < 1.29 is 34.5 Å². The normalized spacial score (nSPS) is 15.5. The molecule has 12 nitrogen and oxygen atoms in total. The first-order valence-electron chi connectivity index (χ1n) is 13.8. The summed E-state index contributed by atoms with van der Waals surface area (Å²) in [4.78, 5) is 54.9. The number of nitrogens with one attached hydrogen (secondary N) is 4. The van der Waals surface area contributed by atoms with Crippen molar-refractivity contribution in [1.29, 1.82) is 0 Å². The van der Waals surface area contributed by atoms with E-state index in [9.17, 15) is 34.5 Å². The summed E-state index contributed by atoms with van der Waals surface area (Å²) in [6, 6.07) is 8.57. The zero-order valence-electron chi connectivity index (χ0n) is 23.8. The minimum absolute atomic E-state index is 0.0139. The number of aromatic hydroxyl groups is 1. The molecule has 0 radical (unpaired) electrons. The summed E-state index contributed by atoms with van der Waals surface area (Å²) in [7, 11) is 0. The average Bonchev–Trinajstić information content (AvgIpc) is 3.37. The molecule has 0 aliphatic heterocycles. The molecule has 3 rings (SSSR count). The van der Waals surface area contributed by atoms with Gasteiger partial charge in [-0.2, -0.15) is 0 Å². The zero-order chi connectivity index (χ0) is 31.0. The molecule has 0 aliphatic carbocycles. The van der Waals surface area contributed by atoms with Gasteiger partial charge in [0.25, 0.3) is 0 Å². The number of para-hydroxylation sites is 1. The molecule has 0 bridgehead atoms. The van der Waals surface area contributed by atoms with Crippen LogP contribution in [0.2, 0.25) is 0 Å². The summed E-state index contributed by atoms with van der Waals surface area (Å²) in [5, 5.41) is 37.6. The number of rotatable bonds is 14. The molecule has 226 valence electrons. The lowest BCUT2D eigenvalue weighted by Gasteiger charge is -2.26. The van der Waals surface area contributed by atoms with Crippen LogP contribution in [-0.4, -0.2) is 74.3 Å². The number of phenolic OH excluding ortho intramolecular Hbond substituents is 1. The molecule has 0 aliphatic rings. The second-order valence-corrected chi connectivity index (χ2v) is 10.5. The lowest BCUT2D eigenvalue weighted by atomic mass is 9.98. The molecule has 0 saturated carbocycles. The van der Waals surface area contributed by atoms with Crippen LogP contribution in [0, 0.1) is 5.92 Å². The number of aromatic amines is 1. The van der Waals surface area contributed by atoms with Crippen LogP contribution in [0.25, 0.3) is 10.9 Å². The number of aromatic nitrogens is 1. The number of carboxylic acid groups (broad SMARTS) is 1. The third kappa shape index (κ3) is 8.30. The Morgan fingerprint density at radius 3 is 2.10 bits per heavy atom. The highest BCUT2D eigenvalue weighted by atomic mass is 16.4. The molecule has 2 aromatic carbocycles. The van der Waals surface area contributed by atoms with E-state index in [0.29, 0.717) is 17.5 Å². The number of carbonyl (C=O) groups is 4. The average molecular weight is 582 g/mol. The smallest absolute Gasteiger partial charge is 0.328 e. The second-order valence-electron chi connectivity index (χ2n) is 10.5. The van der Waals surface area contributed by atoms with Crippen LogP contribution >= 0.6 is 0 Å². The molecule has 0 saturated heterocycles. The van der Waals surface area contributed by atoms with Gasteiger partial charge in [-0.15, -0.1) is 0 Å². The van der Waals surface area contributed by atoms with E-state index in [2.05, 4.69) is 20.9 Å². The quantitative estimate of drug-likeness (QED) is 0.137. The number of carbonyl (C=O) groups excluding carboxylic acids is 3. The summed E-state index contributed by atoms with van der Waals surface area (Å²) in [6.45, 7) is 4.95. The molecule has 0 fully saturated rings. The fraction of sp³-hybridized carbons (Fsp3) is 0.400. The summed E-state index contributed by atoms with van der Waals surface area (Å²) < 4.78 is 0. The first-order valence-corrected chi connectivity index (χ1v) is 13.8. The Morgan fingerprint density at radius 1 is 0.881 bits per heavy atom. The van der Waals surface area contributed by atoms with Gasteiger partial charge in [-0.25, -0.2) is 4.79 Å². The first kappa shape index (κ1) is 32.1. The van der Waals surface area contributed by atoms with Crippen LogP contribution in [0.3, 0.4) is 0 Å². The molecular weight excluding hydrogens is 542 g/mol. The molecule has 3 aromatic rings. The van der Waals surface area contributed by atoms with Gasteiger partial charge >= 0.3 is 5.97 Å². The molecule has 12 heteroatoms. The van der Waals surface area contributed by atoms with Gasteiger partial charge in [0.2, 0.25) is 17.7 Å². The number of hydrogen-bond acceptors (Lipinski definition) is 7. The van der Waals surface area contributed by atoms with Crippen molar-refractivity contribution in [2.24, 2.45) is 11.7 Å². The summed E-state index contributed by atoms with van der Waals surface area (Å²) in [5.41, 5.74) is 8.24. The van der Waals surface area contributed by atoms with Crippen molar-refractivity contribution in [3.8, 4) is 5.75 Å². The predicted octanol–water partition coefficient (Wildman–Crippen LogP) is 0.952. The van der Waals surface area contributed by atoms with Crippen LogP contribution < -0.4 is 21.7 Å². The van der Waals surface area contributed by atoms with E-state index in [0.717, 1.165) is 10.9 Å². The molecule has 1 heterocycles. The molecule has 6 unspecified atom stereocenters. The standard InChI is InChI=1S/C30H39N5O7/c1-4-16(2)25(31)29(40)34-23(13-18-9-11-20(37)12-10-18)27(38)33-24(28(39)35-26(17(3)36)30(41)42)14-19-15-32-22-8-6-5-7-21(19)22/h5-12,15-17,23-26,32,36-37H,4,13-14,31H2,1-3H3,(H,33,38)(H,34,40)(H,35,39)(H,41,42). The van der Waals surface area contributed by atoms with Crippen LogP contribution in [-0.2, 0) is 32.0 Å². The maximum absolute atomic E-state index is 13.7. The minimum atomic E-state index is -1.61. The van der Waals surface area contributed by atoms with E-state index in [1.165, 1.54) is 19.1 Å². The Kier molecular flexibility index (Phi) is 11.1. The number of H-pyrrole nitrogens is 1. The number of aliphatic hydroxyl groups is 1. The number of aliphatic carboxylic acids is 1. The summed E-state index contributed by atoms with van der Waals surface area (Å²) in [6.07, 6.45) is 0.947. The van der Waals surface area contributed by atoms with Crippen molar-refractivity contribution in [2.45, 2.75) is 70.3 Å². The molecule has 6 atom stereocenters. The fourth-order valence-corrected chi connectivity index (χ4v) is 4.50. The highest BCUT2D eigenvalue weighted by Gasteiger charge is 2.33. The maximum Gasteiger partial charge on any atom is 0.328 e. The highest BCUT2D eigenvalue weighted by molar-refractivity contribution is 5.95. The first-order chi connectivity index (χ1) is 19.9. The monoisotopic (exact) mass is 581 g/mol. The van der Waals surface area contributed by atoms with Gasteiger partial charge < -0.3 is 42.0 Å². The number of carboxylic acids is 1. The van der Waals surface area contributed by atoms with Gasteiger partial charge in [0, 0.05) is 29.9 Å². The number of phenols is 1. The second kappa shape index (κ2) is 14.5. The molecule has 9 N–H and O–H groups in total. The highest BCUT2D eigenvalue weighted by Crippen LogP contribution is 2.20. The van der Waals surface area contributed by atoms with Crippen molar-refractivity contribution in [3.63, 3.8) is 0 Å². The van der Waals surface area contributed by atoms with E-state index in [-0.39, 0.29) is 24.5 Å². The van der Waals surface area contributed by atoms with Gasteiger partial charge in [-0.1, -0.05) is 50.6 Å². The number of aliphatic hydroxyl groups excluding tert-OH is 1. The third-order valence-electron chi connectivity index (χ3n) is 7.35. The number of nitrogens with two attached hydrogens (primary N) is 1. The van der Waals surface area contributed by atoms with Gasteiger partial charge in [0.05, 0.1) is 12.1 Å². The van der Waals surface area contributed by atoms with E-state index in [1.54, 1.807) is 18.3 Å². The Bertz CT molecular complexity index is 1390. The van der Waals surface area contributed by atoms with Gasteiger partial charge in [-0.05, 0) is 42.2 Å². The largest absolute Gasteiger partial charge is 0.508 e. The van der Waals surface area contributed by atoms with E-state index >= 15 is 0 Å². The maximum atomic E-state index is 13.7. The zero-order valence-corrected chi connectivity index (χ0v) is 23.8. The molecule has 42 heavy (non-hydrogen) atoms. The fourth-order valence-electron chi connectivity index (χ4n) is 4.50. The number of fused-ring (bicyclic) bond motifs is 1. The van der Waals surface area contributed by atoms with E-state index in [1.807, 2.05) is 38.1 Å². The number of hydrogen-bond donors (Lipinski definition) is 8. The van der Waals surface area contributed by atoms with Crippen LogP contribution in [0.15, 0.2) is 54.7 Å². The molecule has 1 aromatic heterocycles. The Hall–Kier alpha value is -4.42. The van der Waals surface area contributed by atoms with E-state index in [4.69, 9.17) is 5.73 Å². The Balaban J connectivity index is 1.92. The van der Waals surface area contributed by atoms with Gasteiger partial charge in [0.15, 0.2) is 6.04 Å². The predicted molar refractivity (Wildman–Crippen MR) is 156 cm³/mol. The van der Waals surface area contributed by atoms with E-state index < -0.39 is 54.0 Å².